The Morgan fingerprint density at radius 1 is 1.45 bits per heavy atom. The number of rotatable bonds is 0. The van der Waals surface area contributed by atoms with Gasteiger partial charge in [0.05, 0.1) is 6.04 Å². The molecule has 0 saturated carbocycles. The largest absolute Gasteiger partial charge is 0.320 e. The molecule has 0 spiro atoms. The fourth-order valence-electron chi connectivity index (χ4n) is 0.906. The van der Waals surface area contributed by atoms with Crippen molar-refractivity contribution in [3.8, 4) is 0 Å². The molecule has 0 aliphatic carbocycles. The molecule has 0 aromatic rings. The topological polar surface area (TPSA) is 72.2 Å². The van der Waals surface area contributed by atoms with Gasteiger partial charge in [-0.1, -0.05) is 0 Å². The molecule has 1 aliphatic heterocycles. The Labute approximate surface area is 70.9 Å². The van der Waals surface area contributed by atoms with E-state index in [0.717, 1.165) is 0 Å². The summed E-state index contributed by atoms with van der Waals surface area (Å²) in [4.78, 5) is 21.4. The van der Waals surface area contributed by atoms with Crippen molar-refractivity contribution in [2.24, 2.45) is 5.73 Å². The Morgan fingerprint density at radius 3 is 2.73 bits per heavy atom. The number of amides is 2. The molecule has 2 amide bonds. The highest BCUT2D eigenvalue weighted by atomic mass is 35.5. The van der Waals surface area contributed by atoms with Gasteiger partial charge in [0.15, 0.2) is 0 Å². The van der Waals surface area contributed by atoms with Crippen molar-refractivity contribution in [2.45, 2.75) is 25.3 Å². The van der Waals surface area contributed by atoms with Gasteiger partial charge in [0, 0.05) is 6.42 Å². The fourth-order valence-corrected chi connectivity index (χ4v) is 0.906. The van der Waals surface area contributed by atoms with Crippen LogP contribution in [-0.4, -0.2) is 17.9 Å². The maximum atomic E-state index is 10.8. The van der Waals surface area contributed by atoms with Crippen molar-refractivity contribution >= 4 is 24.2 Å². The zero-order valence-corrected chi connectivity index (χ0v) is 6.82. The van der Waals surface area contributed by atoms with Gasteiger partial charge in [0.2, 0.25) is 11.8 Å². The maximum Gasteiger partial charge on any atom is 0.243 e. The van der Waals surface area contributed by atoms with Crippen LogP contribution in [0.3, 0.4) is 0 Å². The van der Waals surface area contributed by atoms with Crippen molar-refractivity contribution in [3.63, 3.8) is 0 Å². The number of imide groups is 1. The average molecular weight is 179 g/mol. The molecule has 0 aromatic heterocycles. The SMILES string of the molecule is Cl.NC1CCCC(=O)NC1=O. The zero-order chi connectivity index (χ0) is 7.56. The number of carbonyl (C=O) groups excluding carboxylic acids is 2. The highest BCUT2D eigenvalue weighted by Crippen LogP contribution is 2.03. The molecular formula is C6H11ClN2O2. The van der Waals surface area contributed by atoms with E-state index >= 15 is 0 Å². The number of hydrogen-bond acceptors (Lipinski definition) is 3. The second-order valence-corrected chi connectivity index (χ2v) is 2.41. The van der Waals surface area contributed by atoms with Gasteiger partial charge in [-0.05, 0) is 12.8 Å². The summed E-state index contributed by atoms with van der Waals surface area (Å²) in [5.41, 5.74) is 5.38. The molecule has 1 fully saturated rings. The van der Waals surface area contributed by atoms with Crippen LogP contribution in [0, 0.1) is 0 Å². The van der Waals surface area contributed by atoms with Gasteiger partial charge in [-0.15, -0.1) is 12.4 Å². The Bertz CT molecular complexity index is 172. The van der Waals surface area contributed by atoms with E-state index in [0.29, 0.717) is 19.3 Å². The van der Waals surface area contributed by atoms with Crippen molar-refractivity contribution < 1.29 is 9.59 Å². The van der Waals surface area contributed by atoms with Gasteiger partial charge in [0.25, 0.3) is 0 Å². The first-order valence-electron chi connectivity index (χ1n) is 3.29. The van der Waals surface area contributed by atoms with Gasteiger partial charge in [-0.2, -0.15) is 0 Å². The van der Waals surface area contributed by atoms with E-state index < -0.39 is 6.04 Å². The summed E-state index contributed by atoms with van der Waals surface area (Å²) in [5, 5.41) is 2.19. The molecule has 1 heterocycles. The summed E-state index contributed by atoms with van der Waals surface area (Å²) in [7, 11) is 0. The Morgan fingerprint density at radius 2 is 2.09 bits per heavy atom. The number of halogens is 1. The van der Waals surface area contributed by atoms with Crippen molar-refractivity contribution in [1.29, 1.82) is 0 Å². The minimum atomic E-state index is -0.494. The summed E-state index contributed by atoms with van der Waals surface area (Å²) in [6, 6.07) is -0.494. The maximum absolute atomic E-state index is 10.8. The van der Waals surface area contributed by atoms with Crippen LogP contribution in [0.4, 0.5) is 0 Å². The van der Waals surface area contributed by atoms with E-state index in [1.54, 1.807) is 0 Å². The minimum absolute atomic E-state index is 0. The van der Waals surface area contributed by atoms with Crippen LogP contribution < -0.4 is 11.1 Å². The smallest absolute Gasteiger partial charge is 0.243 e. The predicted molar refractivity (Wildman–Crippen MR) is 42.2 cm³/mol. The first-order chi connectivity index (χ1) is 4.70. The molecule has 1 rings (SSSR count). The van der Waals surface area contributed by atoms with Crippen LogP contribution in [-0.2, 0) is 9.59 Å². The molecule has 11 heavy (non-hydrogen) atoms. The fraction of sp³-hybridized carbons (Fsp3) is 0.667. The number of carbonyl (C=O) groups is 2. The lowest BCUT2D eigenvalue weighted by Crippen LogP contribution is -2.40. The summed E-state index contributed by atoms with van der Waals surface area (Å²) in [5.74, 6) is -0.555. The molecule has 1 saturated heterocycles. The number of nitrogens with one attached hydrogen (secondary N) is 1. The molecule has 1 atom stereocenters. The lowest BCUT2D eigenvalue weighted by molar-refractivity contribution is -0.130. The van der Waals surface area contributed by atoms with Crippen LogP contribution in [0.1, 0.15) is 19.3 Å². The zero-order valence-electron chi connectivity index (χ0n) is 6.00. The number of nitrogens with two attached hydrogens (primary N) is 1. The van der Waals surface area contributed by atoms with Crippen LogP contribution in [0.5, 0.6) is 0 Å². The van der Waals surface area contributed by atoms with E-state index in [-0.39, 0.29) is 24.2 Å². The van der Waals surface area contributed by atoms with Crippen LogP contribution in [0.25, 0.3) is 0 Å². The van der Waals surface area contributed by atoms with E-state index in [2.05, 4.69) is 5.32 Å². The monoisotopic (exact) mass is 178 g/mol. The third-order valence-corrected chi connectivity index (χ3v) is 1.52. The minimum Gasteiger partial charge on any atom is -0.320 e. The highest BCUT2D eigenvalue weighted by molar-refractivity contribution is 5.98. The Hall–Kier alpha value is -0.610. The highest BCUT2D eigenvalue weighted by Gasteiger charge is 2.19. The lowest BCUT2D eigenvalue weighted by atomic mass is 10.1. The van der Waals surface area contributed by atoms with E-state index in [1.807, 2.05) is 0 Å². The molecule has 1 unspecified atom stereocenters. The Balaban J connectivity index is 0.000001000. The van der Waals surface area contributed by atoms with Crippen molar-refractivity contribution in [2.75, 3.05) is 0 Å². The molecule has 5 heteroatoms. The quantitative estimate of drug-likeness (QED) is 0.494. The van der Waals surface area contributed by atoms with E-state index in [4.69, 9.17) is 5.73 Å². The molecule has 0 aromatic carbocycles. The summed E-state index contributed by atoms with van der Waals surface area (Å²) in [6.45, 7) is 0. The Kier molecular flexibility index (Phi) is 4.07. The molecular weight excluding hydrogens is 168 g/mol. The van der Waals surface area contributed by atoms with Gasteiger partial charge in [0.1, 0.15) is 0 Å². The van der Waals surface area contributed by atoms with Crippen LogP contribution in [0.15, 0.2) is 0 Å². The number of hydrogen-bond donors (Lipinski definition) is 2. The van der Waals surface area contributed by atoms with E-state index in [9.17, 15) is 9.59 Å². The molecule has 1 aliphatic rings. The van der Waals surface area contributed by atoms with Gasteiger partial charge >= 0.3 is 0 Å². The third-order valence-electron chi connectivity index (χ3n) is 1.52. The summed E-state index contributed by atoms with van der Waals surface area (Å²) < 4.78 is 0. The molecule has 64 valence electrons. The average Bonchev–Trinajstić information content (AvgIpc) is 1.96. The van der Waals surface area contributed by atoms with Crippen molar-refractivity contribution in [3.05, 3.63) is 0 Å². The summed E-state index contributed by atoms with van der Waals surface area (Å²) in [6.07, 6.45) is 1.73. The van der Waals surface area contributed by atoms with Gasteiger partial charge < -0.3 is 5.73 Å². The first kappa shape index (κ1) is 10.4. The normalized spacial score (nSPS) is 25.0. The summed E-state index contributed by atoms with van der Waals surface area (Å²) >= 11 is 0. The third kappa shape index (κ3) is 2.86. The van der Waals surface area contributed by atoms with Crippen molar-refractivity contribution in [1.82, 2.24) is 5.32 Å². The predicted octanol–water partition coefficient (Wildman–Crippen LogP) is -0.438. The molecule has 3 N–H and O–H groups in total. The molecule has 0 bridgehead atoms. The van der Waals surface area contributed by atoms with Gasteiger partial charge in [-0.25, -0.2) is 0 Å². The van der Waals surface area contributed by atoms with Gasteiger partial charge in [-0.3, -0.25) is 14.9 Å². The second-order valence-electron chi connectivity index (χ2n) is 2.41. The van der Waals surface area contributed by atoms with E-state index in [1.165, 1.54) is 0 Å². The van der Waals surface area contributed by atoms with Crippen LogP contribution >= 0.6 is 12.4 Å². The first-order valence-corrected chi connectivity index (χ1v) is 3.29. The molecule has 0 radical (unpaired) electrons. The van der Waals surface area contributed by atoms with Crippen LogP contribution in [0.2, 0.25) is 0 Å². The second kappa shape index (κ2) is 4.31. The standard InChI is InChI=1S/C6H10N2O2.ClH/c7-4-2-1-3-5(9)8-6(4)10;/h4H,1-3,7H2,(H,8,9,10);1H. The molecule has 4 nitrogen and oxygen atoms in total. The lowest BCUT2D eigenvalue weighted by Gasteiger charge is -2.03.